The number of carbonyl (C=O) groups excluding carboxylic acids is 1. The van der Waals surface area contributed by atoms with Gasteiger partial charge in [-0.15, -0.1) is 0 Å². The molecule has 1 atom stereocenters. The summed E-state index contributed by atoms with van der Waals surface area (Å²) in [5.74, 6) is 1.17. The second kappa shape index (κ2) is 10.4. The lowest BCUT2D eigenvalue weighted by Crippen LogP contribution is -2.49. The van der Waals surface area contributed by atoms with Gasteiger partial charge in [-0.25, -0.2) is 4.98 Å². The van der Waals surface area contributed by atoms with Crippen LogP contribution in [0, 0.1) is 0 Å². The van der Waals surface area contributed by atoms with Gasteiger partial charge < -0.3 is 25.6 Å². The van der Waals surface area contributed by atoms with Crippen LogP contribution >= 0.6 is 0 Å². The quantitative estimate of drug-likeness (QED) is 0.529. The maximum Gasteiger partial charge on any atom is 0.273 e. The smallest absolute Gasteiger partial charge is 0.273 e. The number of fused-ring (bicyclic) bond motifs is 1. The number of anilines is 2. The van der Waals surface area contributed by atoms with Gasteiger partial charge in [0, 0.05) is 45.4 Å². The van der Waals surface area contributed by atoms with Crippen LogP contribution in [-0.2, 0) is 11.3 Å². The average Bonchev–Trinajstić information content (AvgIpc) is 3.18. The van der Waals surface area contributed by atoms with Gasteiger partial charge in [-0.05, 0) is 26.7 Å². The van der Waals surface area contributed by atoms with E-state index in [9.17, 15) is 4.79 Å². The number of carbonyl (C=O) groups is 1. The molecular weight excluding hydrogens is 408 g/mol. The molecule has 10 heteroatoms. The molecule has 176 valence electrons. The van der Waals surface area contributed by atoms with Crippen LogP contribution in [0.4, 0.5) is 11.8 Å². The van der Waals surface area contributed by atoms with Gasteiger partial charge >= 0.3 is 0 Å². The molecule has 1 saturated carbocycles. The molecule has 0 unspecified atom stereocenters. The Morgan fingerprint density at radius 3 is 2.78 bits per heavy atom. The van der Waals surface area contributed by atoms with Crippen LogP contribution in [0.1, 0.15) is 56.4 Å². The highest BCUT2D eigenvalue weighted by atomic mass is 16.5. The first-order chi connectivity index (χ1) is 15.6. The number of rotatable bonds is 8. The van der Waals surface area contributed by atoms with Crippen LogP contribution in [0.15, 0.2) is 0 Å². The Morgan fingerprint density at radius 1 is 1.25 bits per heavy atom. The predicted molar refractivity (Wildman–Crippen MR) is 125 cm³/mol. The molecule has 4 rings (SSSR count). The molecule has 10 nitrogen and oxygen atoms in total. The number of piperazine rings is 1. The summed E-state index contributed by atoms with van der Waals surface area (Å²) in [6.07, 6.45) is 5.98. The van der Waals surface area contributed by atoms with Crippen molar-refractivity contribution in [2.24, 2.45) is 0 Å². The van der Waals surface area contributed by atoms with E-state index >= 15 is 0 Å². The van der Waals surface area contributed by atoms with Crippen molar-refractivity contribution in [3.8, 4) is 0 Å². The third-order valence-electron chi connectivity index (χ3n) is 6.27. The van der Waals surface area contributed by atoms with Gasteiger partial charge in [-0.3, -0.25) is 9.48 Å². The van der Waals surface area contributed by atoms with Crippen LogP contribution in [0.25, 0.3) is 11.0 Å². The highest BCUT2D eigenvalue weighted by molar-refractivity contribution is 6.05. The topological polar surface area (TPSA) is 109 Å². The second-order valence-corrected chi connectivity index (χ2v) is 8.70. The number of nitrogens with one attached hydrogen (secondary N) is 3. The Balaban J connectivity index is 1.80. The lowest BCUT2D eigenvalue weighted by molar-refractivity contribution is 0.0957. The highest BCUT2D eigenvalue weighted by Crippen LogP contribution is 2.30. The van der Waals surface area contributed by atoms with Crippen molar-refractivity contribution in [1.82, 2.24) is 30.4 Å². The molecule has 0 radical (unpaired) electrons. The summed E-state index contributed by atoms with van der Waals surface area (Å²) in [6, 6.07) is 0.723. The summed E-state index contributed by atoms with van der Waals surface area (Å²) in [6.45, 7) is 8.34. The molecule has 1 aliphatic carbocycles. The van der Waals surface area contributed by atoms with Crippen LogP contribution < -0.4 is 20.9 Å². The summed E-state index contributed by atoms with van der Waals surface area (Å²) < 4.78 is 7.39. The molecule has 3 N–H and O–H groups in total. The van der Waals surface area contributed by atoms with Crippen molar-refractivity contribution < 1.29 is 9.53 Å². The zero-order chi connectivity index (χ0) is 22.5. The number of nitrogens with zero attached hydrogens (tertiary/aromatic N) is 5. The van der Waals surface area contributed by atoms with E-state index in [1.807, 2.05) is 11.6 Å². The van der Waals surface area contributed by atoms with Gasteiger partial charge in [0.05, 0.1) is 13.2 Å². The van der Waals surface area contributed by atoms with E-state index in [4.69, 9.17) is 14.7 Å². The summed E-state index contributed by atoms with van der Waals surface area (Å²) in [5, 5.41) is 14.5. The Morgan fingerprint density at radius 2 is 2.06 bits per heavy atom. The van der Waals surface area contributed by atoms with Gasteiger partial charge in [0.2, 0.25) is 5.95 Å². The minimum atomic E-state index is -0.243. The molecule has 2 fully saturated rings. The fraction of sp³-hybridized carbons (Fsp3) is 0.727. The Bertz CT molecular complexity index is 924. The first-order valence-corrected chi connectivity index (χ1v) is 11.9. The Hall–Kier alpha value is -2.46. The first-order valence-electron chi connectivity index (χ1n) is 11.9. The molecule has 2 aliphatic rings. The minimum Gasteiger partial charge on any atom is -0.380 e. The van der Waals surface area contributed by atoms with E-state index in [0.717, 1.165) is 43.8 Å². The van der Waals surface area contributed by atoms with Crippen LogP contribution in [0.3, 0.4) is 0 Å². The fourth-order valence-electron chi connectivity index (χ4n) is 4.60. The molecule has 0 aromatic carbocycles. The lowest BCUT2D eigenvalue weighted by atomic mass is 9.95. The molecular formula is C22H36N8O2. The number of hydrogen-bond acceptors (Lipinski definition) is 8. The van der Waals surface area contributed by atoms with Crippen molar-refractivity contribution >= 4 is 28.7 Å². The zero-order valence-electron chi connectivity index (χ0n) is 19.5. The number of aromatic nitrogens is 4. The summed E-state index contributed by atoms with van der Waals surface area (Å²) in [7, 11) is 1.62. The molecule has 3 heterocycles. The summed E-state index contributed by atoms with van der Waals surface area (Å²) in [4.78, 5) is 24.7. The molecule has 32 heavy (non-hydrogen) atoms. The van der Waals surface area contributed by atoms with E-state index in [-0.39, 0.29) is 5.91 Å². The lowest BCUT2D eigenvalue weighted by Gasteiger charge is -2.32. The van der Waals surface area contributed by atoms with Crippen molar-refractivity contribution in [2.45, 2.75) is 64.6 Å². The standard InChI is InChI=1S/C22H36N8O2/c1-4-32-13-12-30-19-17(18(28-30)21(31)23-3)26-22(29-11-10-24-15(2)14-29)27-20(19)25-16-8-6-5-7-9-16/h15-16,24H,4-14H2,1-3H3,(H,23,31)(H,25,26,27)/t15-/m1/s1. The van der Waals surface area contributed by atoms with Crippen molar-refractivity contribution in [3.05, 3.63) is 5.69 Å². The maximum absolute atomic E-state index is 12.7. The van der Waals surface area contributed by atoms with Crippen LogP contribution in [0.2, 0.25) is 0 Å². The largest absolute Gasteiger partial charge is 0.380 e. The average molecular weight is 445 g/mol. The molecule has 0 spiro atoms. The van der Waals surface area contributed by atoms with E-state index in [1.165, 1.54) is 19.3 Å². The third-order valence-corrected chi connectivity index (χ3v) is 6.27. The van der Waals surface area contributed by atoms with Gasteiger partial charge in [0.25, 0.3) is 5.91 Å². The van der Waals surface area contributed by atoms with E-state index < -0.39 is 0 Å². The summed E-state index contributed by atoms with van der Waals surface area (Å²) >= 11 is 0. The molecule has 2 aromatic rings. The molecule has 1 saturated heterocycles. The predicted octanol–water partition coefficient (Wildman–Crippen LogP) is 1.77. The van der Waals surface area contributed by atoms with Crippen LogP contribution in [-0.4, -0.2) is 77.6 Å². The molecule has 2 aromatic heterocycles. The minimum absolute atomic E-state index is 0.243. The van der Waals surface area contributed by atoms with E-state index in [1.54, 1.807) is 7.05 Å². The number of hydrogen-bond donors (Lipinski definition) is 3. The van der Waals surface area contributed by atoms with Gasteiger partial charge in [0.15, 0.2) is 11.5 Å². The van der Waals surface area contributed by atoms with Crippen molar-refractivity contribution in [3.63, 3.8) is 0 Å². The summed E-state index contributed by atoms with van der Waals surface area (Å²) in [5.41, 5.74) is 1.70. The molecule has 1 aliphatic heterocycles. The molecule has 1 amide bonds. The SMILES string of the molecule is CCOCCn1nc(C(=O)NC)c2nc(N3CCN[C@H](C)C3)nc(NC3CCCCC3)c21. The first kappa shape index (κ1) is 22.7. The van der Waals surface area contributed by atoms with Gasteiger partial charge in [0.1, 0.15) is 11.0 Å². The Kier molecular flexibility index (Phi) is 7.41. The van der Waals surface area contributed by atoms with Crippen LogP contribution in [0.5, 0.6) is 0 Å². The maximum atomic E-state index is 12.7. The van der Waals surface area contributed by atoms with Crippen molar-refractivity contribution in [2.75, 3.05) is 50.1 Å². The normalized spacial score (nSPS) is 20.0. The monoisotopic (exact) mass is 444 g/mol. The second-order valence-electron chi connectivity index (χ2n) is 8.70. The van der Waals surface area contributed by atoms with E-state index in [0.29, 0.717) is 49.0 Å². The third kappa shape index (κ3) is 4.96. The fourth-order valence-corrected chi connectivity index (χ4v) is 4.60. The van der Waals surface area contributed by atoms with Gasteiger partial charge in [-0.1, -0.05) is 19.3 Å². The highest BCUT2D eigenvalue weighted by Gasteiger charge is 2.27. The van der Waals surface area contributed by atoms with E-state index in [2.05, 4.69) is 32.9 Å². The zero-order valence-corrected chi connectivity index (χ0v) is 19.5. The number of ether oxygens (including phenoxy) is 1. The van der Waals surface area contributed by atoms with Crippen molar-refractivity contribution in [1.29, 1.82) is 0 Å². The Labute approximate surface area is 189 Å². The van der Waals surface area contributed by atoms with Gasteiger partial charge in [-0.2, -0.15) is 10.1 Å². The number of amides is 1. The molecule has 0 bridgehead atoms.